The summed E-state index contributed by atoms with van der Waals surface area (Å²) >= 11 is 0. The van der Waals surface area contributed by atoms with Gasteiger partial charge in [-0.3, -0.25) is 9.59 Å². The Bertz CT molecular complexity index is 490. The molecule has 0 unspecified atom stereocenters. The molecule has 0 aliphatic heterocycles. The lowest BCUT2D eigenvalue weighted by atomic mass is 9.90. The van der Waals surface area contributed by atoms with E-state index in [4.69, 9.17) is 0 Å². The highest BCUT2D eigenvalue weighted by atomic mass is 16.2. The fraction of sp³-hybridized carbons (Fsp3) is 0.375. The second-order valence-electron chi connectivity index (χ2n) is 5.47. The lowest BCUT2D eigenvalue weighted by Crippen LogP contribution is -2.33. The summed E-state index contributed by atoms with van der Waals surface area (Å²) in [5.41, 5.74) is 1.31. The zero-order chi connectivity index (χ0) is 15.2. The van der Waals surface area contributed by atoms with Gasteiger partial charge >= 0.3 is 0 Å². The molecule has 2 amide bonds. The lowest BCUT2D eigenvalue weighted by molar-refractivity contribution is -0.111. The van der Waals surface area contributed by atoms with E-state index in [1.165, 1.54) is 6.08 Å². The van der Waals surface area contributed by atoms with Crippen LogP contribution in [0.2, 0.25) is 0 Å². The fourth-order valence-corrected chi connectivity index (χ4v) is 1.44. The number of carbonyl (C=O) groups is 2. The molecule has 108 valence electrons. The Balaban J connectivity index is 2.62. The molecular formula is C16H22N2O2. The fourth-order valence-electron chi connectivity index (χ4n) is 1.44. The third-order valence-corrected chi connectivity index (χ3v) is 3.28. The molecule has 0 radical (unpaired) electrons. The molecule has 0 fully saturated rings. The van der Waals surface area contributed by atoms with Gasteiger partial charge in [-0.05, 0) is 42.2 Å². The van der Waals surface area contributed by atoms with Gasteiger partial charge in [0.25, 0.3) is 5.91 Å². The van der Waals surface area contributed by atoms with Crippen molar-refractivity contribution in [2.75, 3.05) is 11.9 Å². The van der Waals surface area contributed by atoms with E-state index in [2.05, 4.69) is 38.0 Å². The van der Waals surface area contributed by atoms with Gasteiger partial charge in [-0.25, -0.2) is 0 Å². The summed E-state index contributed by atoms with van der Waals surface area (Å²) in [6.07, 6.45) is 2.20. The summed E-state index contributed by atoms with van der Waals surface area (Å²) in [6.45, 7) is 10.3. The number of nitrogens with one attached hydrogen (secondary N) is 2. The zero-order valence-electron chi connectivity index (χ0n) is 12.3. The van der Waals surface area contributed by atoms with Crippen molar-refractivity contribution < 1.29 is 9.59 Å². The van der Waals surface area contributed by atoms with Gasteiger partial charge in [-0.2, -0.15) is 0 Å². The second-order valence-corrected chi connectivity index (χ2v) is 5.47. The number of carbonyl (C=O) groups excluding carboxylic acids is 2. The molecule has 2 N–H and O–H groups in total. The van der Waals surface area contributed by atoms with E-state index < -0.39 is 0 Å². The Labute approximate surface area is 120 Å². The van der Waals surface area contributed by atoms with Gasteiger partial charge in [0.05, 0.1) is 0 Å². The molecule has 4 nitrogen and oxygen atoms in total. The summed E-state index contributed by atoms with van der Waals surface area (Å²) in [4.78, 5) is 23.1. The van der Waals surface area contributed by atoms with Gasteiger partial charge < -0.3 is 10.6 Å². The highest BCUT2D eigenvalue weighted by Gasteiger charge is 2.16. The van der Waals surface area contributed by atoms with E-state index in [1.807, 2.05) is 0 Å². The molecule has 1 aromatic rings. The van der Waals surface area contributed by atoms with Crippen LogP contribution in [0.5, 0.6) is 0 Å². The normalized spacial score (nSPS) is 10.8. The van der Waals surface area contributed by atoms with E-state index in [1.54, 1.807) is 24.3 Å². The van der Waals surface area contributed by atoms with Crippen LogP contribution >= 0.6 is 0 Å². The average Bonchev–Trinajstić information content (AvgIpc) is 2.45. The van der Waals surface area contributed by atoms with Crippen molar-refractivity contribution in [2.45, 2.75) is 27.2 Å². The quantitative estimate of drug-likeness (QED) is 0.783. The Morgan fingerprint density at radius 1 is 1.25 bits per heavy atom. The van der Waals surface area contributed by atoms with Crippen LogP contribution in [0.25, 0.3) is 0 Å². The van der Waals surface area contributed by atoms with Gasteiger partial charge in [-0.15, -0.1) is 0 Å². The smallest absolute Gasteiger partial charge is 0.251 e. The van der Waals surface area contributed by atoms with E-state index in [-0.39, 0.29) is 17.2 Å². The molecule has 0 spiro atoms. The molecule has 0 bridgehead atoms. The minimum absolute atomic E-state index is 0.0908. The molecule has 1 aromatic carbocycles. The Hall–Kier alpha value is -2.10. The van der Waals surface area contributed by atoms with Crippen LogP contribution in [0.4, 0.5) is 5.69 Å². The van der Waals surface area contributed by atoms with Crippen molar-refractivity contribution in [1.82, 2.24) is 5.32 Å². The number of anilines is 1. The Morgan fingerprint density at radius 2 is 1.85 bits per heavy atom. The van der Waals surface area contributed by atoms with Crippen LogP contribution < -0.4 is 10.6 Å². The molecule has 0 atom stereocenters. The van der Waals surface area contributed by atoms with E-state index >= 15 is 0 Å². The van der Waals surface area contributed by atoms with Crippen molar-refractivity contribution in [1.29, 1.82) is 0 Å². The third kappa shape index (κ3) is 4.88. The molecule has 1 rings (SSSR count). The van der Waals surface area contributed by atoms with Crippen LogP contribution in [0.15, 0.2) is 36.9 Å². The first-order valence-electron chi connectivity index (χ1n) is 6.69. The summed E-state index contributed by atoms with van der Waals surface area (Å²) in [5.74, 6) is -0.375. The number of hydrogen-bond donors (Lipinski definition) is 2. The highest BCUT2D eigenvalue weighted by Crippen LogP contribution is 2.18. The molecule has 0 saturated heterocycles. The van der Waals surface area contributed by atoms with Crippen LogP contribution in [0.3, 0.4) is 0 Å². The lowest BCUT2D eigenvalue weighted by Gasteiger charge is -2.22. The van der Waals surface area contributed by atoms with Gasteiger partial charge in [-0.1, -0.05) is 27.4 Å². The molecule has 4 heteroatoms. The van der Waals surface area contributed by atoms with Gasteiger partial charge in [0, 0.05) is 17.8 Å². The maximum Gasteiger partial charge on any atom is 0.251 e. The summed E-state index contributed by atoms with van der Waals surface area (Å²) in [5, 5.41) is 5.55. The van der Waals surface area contributed by atoms with Crippen LogP contribution in [0.1, 0.15) is 37.6 Å². The van der Waals surface area contributed by atoms with Crippen molar-refractivity contribution in [2.24, 2.45) is 5.41 Å². The van der Waals surface area contributed by atoms with E-state index in [0.717, 1.165) is 6.42 Å². The largest absolute Gasteiger partial charge is 0.352 e. The van der Waals surface area contributed by atoms with Crippen molar-refractivity contribution >= 4 is 17.5 Å². The minimum Gasteiger partial charge on any atom is -0.352 e. The standard InChI is InChI=1S/C16H22N2O2/c1-5-14(19)18-13-9-7-12(8-10-13)15(20)17-11-16(3,4)6-2/h5,7-10H,1,6,11H2,2-4H3,(H,17,20)(H,18,19). The van der Waals surface area contributed by atoms with Crippen molar-refractivity contribution in [3.63, 3.8) is 0 Å². The summed E-state index contributed by atoms with van der Waals surface area (Å²) in [7, 11) is 0. The molecular weight excluding hydrogens is 252 g/mol. The molecule has 0 heterocycles. The monoisotopic (exact) mass is 274 g/mol. The van der Waals surface area contributed by atoms with Gasteiger partial charge in [0.1, 0.15) is 0 Å². The van der Waals surface area contributed by atoms with E-state index in [9.17, 15) is 9.59 Å². The third-order valence-electron chi connectivity index (χ3n) is 3.28. The van der Waals surface area contributed by atoms with Crippen LogP contribution in [0, 0.1) is 5.41 Å². The minimum atomic E-state index is -0.271. The molecule has 0 aliphatic rings. The number of amides is 2. The molecule has 0 aliphatic carbocycles. The second kappa shape index (κ2) is 6.89. The number of hydrogen-bond acceptors (Lipinski definition) is 2. The Kier molecular flexibility index (Phi) is 5.50. The first kappa shape index (κ1) is 16.0. The van der Waals surface area contributed by atoms with Gasteiger partial charge in [0.2, 0.25) is 5.91 Å². The first-order chi connectivity index (χ1) is 9.38. The molecule has 0 saturated carbocycles. The SMILES string of the molecule is C=CC(=O)Nc1ccc(C(=O)NCC(C)(C)CC)cc1. The topological polar surface area (TPSA) is 58.2 Å². The summed E-state index contributed by atoms with van der Waals surface area (Å²) < 4.78 is 0. The highest BCUT2D eigenvalue weighted by molar-refractivity contribution is 5.99. The maximum absolute atomic E-state index is 12.0. The number of rotatable bonds is 6. The van der Waals surface area contributed by atoms with Crippen LogP contribution in [-0.4, -0.2) is 18.4 Å². The predicted molar refractivity (Wildman–Crippen MR) is 81.7 cm³/mol. The first-order valence-corrected chi connectivity index (χ1v) is 6.69. The molecule has 0 aromatic heterocycles. The van der Waals surface area contributed by atoms with E-state index in [0.29, 0.717) is 17.8 Å². The number of benzene rings is 1. The van der Waals surface area contributed by atoms with Crippen molar-refractivity contribution in [3.05, 3.63) is 42.5 Å². The molecule has 20 heavy (non-hydrogen) atoms. The summed E-state index contributed by atoms with van der Waals surface area (Å²) in [6, 6.07) is 6.77. The Morgan fingerprint density at radius 3 is 2.35 bits per heavy atom. The zero-order valence-corrected chi connectivity index (χ0v) is 12.3. The maximum atomic E-state index is 12.0. The van der Waals surface area contributed by atoms with Crippen LogP contribution in [-0.2, 0) is 4.79 Å². The average molecular weight is 274 g/mol. The predicted octanol–water partition coefficient (Wildman–Crippen LogP) is 2.98. The van der Waals surface area contributed by atoms with Crippen molar-refractivity contribution in [3.8, 4) is 0 Å². The van der Waals surface area contributed by atoms with Gasteiger partial charge in [0.15, 0.2) is 0 Å².